The second kappa shape index (κ2) is 4.49. The Hall–Kier alpha value is -0.610. The van der Waals surface area contributed by atoms with E-state index in [2.05, 4.69) is 20.9 Å². The second-order valence-electron chi connectivity index (χ2n) is 4.03. The van der Waals surface area contributed by atoms with E-state index in [1.807, 2.05) is 19.1 Å². The fraction of sp³-hybridized carbons (Fsp3) is 0.545. The first-order valence-electron chi connectivity index (χ1n) is 5.20. The number of hydrogen-bond acceptors (Lipinski definition) is 3. The monoisotopic (exact) mass is 270 g/mol. The van der Waals surface area contributed by atoms with Gasteiger partial charge in [0.1, 0.15) is 6.10 Å². The average molecular weight is 271 g/mol. The molecule has 1 aliphatic carbocycles. The lowest BCUT2D eigenvalue weighted by Crippen LogP contribution is -2.19. The zero-order chi connectivity index (χ0) is 10.8. The third-order valence-corrected chi connectivity index (χ3v) is 3.55. The Balaban J connectivity index is 2.02. The number of hydrogen-bond donors (Lipinski definition) is 1. The largest absolute Gasteiger partial charge is 0.474 e. The summed E-state index contributed by atoms with van der Waals surface area (Å²) in [7, 11) is 0. The molecule has 3 nitrogen and oxygen atoms in total. The molecule has 2 N–H and O–H groups in total. The Morgan fingerprint density at radius 3 is 2.87 bits per heavy atom. The van der Waals surface area contributed by atoms with Crippen molar-refractivity contribution in [1.82, 2.24) is 4.98 Å². The molecule has 1 saturated carbocycles. The Kier molecular flexibility index (Phi) is 3.26. The number of pyridine rings is 1. The van der Waals surface area contributed by atoms with E-state index in [-0.39, 0.29) is 6.10 Å². The highest BCUT2D eigenvalue weighted by Gasteiger charge is 2.23. The van der Waals surface area contributed by atoms with Crippen molar-refractivity contribution < 1.29 is 4.74 Å². The van der Waals surface area contributed by atoms with E-state index < -0.39 is 0 Å². The molecule has 2 atom stereocenters. The molecular weight excluding hydrogens is 256 g/mol. The van der Waals surface area contributed by atoms with Gasteiger partial charge in [0.05, 0.1) is 5.69 Å². The first-order valence-corrected chi connectivity index (χ1v) is 6.00. The molecule has 1 aliphatic rings. The molecule has 0 amide bonds. The van der Waals surface area contributed by atoms with Crippen LogP contribution in [0.1, 0.15) is 25.0 Å². The predicted molar refractivity (Wildman–Crippen MR) is 62.9 cm³/mol. The summed E-state index contributed by atoms with van der Waals surface area (Å²) in [6, 6.07) is 4.15. The second-order valence-corrected chi connectivity index (χ2v) is 4.88. The maximum Gasteiger partial charge on any atom is 0.213 e. The first-order chi connectivity index (χ1) is 7.15. The molecule has 0 saturated heterocycles. The van der Waals surface area contributed by atoms with Crippen LogP contribution in [0.2, 0.25) is 0 Å². The van der Waals surface area contributed by atoms with Gasteiger partial charge in [-0.1, -0.05) is 0 Å². The van der Waals surface area contributed by atoms with Gasteiger partial charge in [-0.15, -0.1) is 0 Å². The Morgan fingerprint density at radius 2 is 2.27 bits per heavy atom. The molecule has 2 rings (SSSR count). The van der Waals surface area contributed by atoms with Crippen LogP contribution in [0.25, 0.3) is 0 Å². The van der Waals surface area contributed by atoms with E-state index in [9.17, 15) is 0 Å². The summed E-state index contributed by atoms with van der Waals surface area (Å²) in [6.07, 6.45) is 3.28. The van der Waals surface area contributed by atoms with Crippen molar-refractivity contribution >= 4 is 15.9 Å². The van der Waals surface area contributed by atoms with E-state index >= 15 is 0 Å². The van der Waals surface area contributed by atoms with Crippen LogP contribution in [0.4, 0.5) is 0 Å². The summed E-state index contributed by atoms with van der Waals surface area (Å²) in [5, 5.41) is 0. The van der Waals surface area contributed by atoms with Crippen LogP contribution >= 0.6 is 15.9 Å². The van der Waals surface area contributed by atoms with E-state index in [1.54, 1.807) is 0 Å². The van der Waals surface area contributed by atoms with Crippen molar-refractivity contribution in [3.8, 4) is 5.88 Å². The number of aryl methyl sites for hydroxylation is 1. The first kappa shape index (κ1) is 10.9. The Morgan fingerprint density at radius 1 is 1.47 bits per heavy atom. The van der Waals surface area contributed by atoms with Crippen molar-refractivity contribution in [2.75, 3.05) is 0 Å². The van der Waals surface area contributed by atoms with Crippen molar-refractivity contribution in [1.29, 1.82) is 0 Å². The number of rotatable bonds is 2. The van der Waals surface area contributed by atoms with Gasteiger partial charge < -0.3 is 10.5 Å². The number of nitrogens with zero attached hydrogens (tertiary/aromatic N) is 1. The minimum absolute atomic E-state index is 0.244. The molecule has 2 unspecified atom stereocenters. The minimum atomic E-state index is 0.244. The molecule has 0 radical (unpaired) electrons. The summed E-state index contributed by atoms with van der Waals surface area (Å²) in [5.41, 5.74) is 6.78. The van der Waals surface area contributed by atoms with Crippen LogP contribution in [0.5, 0.6) is 5.88 Å². The lowest BCUT2D eigenvalue weighted by molar-refractivity contribution is 0.199. The van der Waals surface area contributed by atoms with Gasteiger partial charge in [-0.2, -0.15) is 0 Å². The number of nitrogens with two attached hydrogens (primary N) is 1. The molecule has 4 heteroatoms. The fourth-order valence-electron chi connectivity index (χ4n) is 1.84. The SMILES string of the molecule is Cc1nc(OC2CCC(N)C2)ccc1Br. The van der Waals surface area contributed by atoms with Crippen LogP contribution < -0.4 is 10.5 Å². The van der Waals surface area contributed by atoms with E-state index in [4.69, 9.17) is 10.5 Å². The van der Waals surface area contributed by atoms with Crippen molar-refractivity contribution in [2.24, 2.45) is 5.73 Å². The molecular formula is C11H15BrN2O. The summed E-state index contributed by atoms with van der Waals surface area (Å²) < 4.78 is 6.78. The molecule has 15 heavy (non-hydrogen) atoms. The number of aromatic nitrogens is 1. The summed E-state index contributed by atoms with van der Waals surface area (Å²) >= 11 is 3.41. The van der Waals surface area contributed by atoms with Crippen LogP contribution in [0.3, 0.4) is 0 Å². The fourth-order valence-corrected chi connectivity index (χ4v) is 2.06. The number of halogens is 1. The predicted octanol–water partition coefficient (Wildman–Crippen LogP) is 2.41. The molecule has 1 heterocycles. The van der Waals surface area contributed by atoms with Gasteiger partial charge in [0, 0.05) is 16.6 Å². The number of ether oxygens (including phenoxy) is 1. The third-order valence-electron chi connectivity index (χ3n) is 2.71. The van der Waals surface area contributed by atoms with E-state index in [0.717, 1.165) is 29.4 Å². The van der Waals surface area contributed by atoms with Crippen LogP contribution in [-0.4, -0.2) is 17.1 Å². The zero-order valence-corrected chi connectivity index (χ0v) is 10.3. The molecule has 82 valence electrons. The van der Waals surface area contributed by atoms with E-state index in [0.29, 0.717) is 11.9 Å². The highest BCUT2D eigenvalue weighted by molar-refractivity contribution is 9.10. The van der Waals surface area contributed by atoms with Crippen LogP contribution in [-0.2, 0) is 0 Å². The minimum Gasteiger partial charge on any atom is -0.474 e. The third kappa shape index (κ3) is 2.69. The van der Waals surface area contributed by atoms with Gasteiger partial charge in [0.2, 0.25) is 5.88 Å². The van der Waals surface area contributed by atoms with E-state index in [1.165, 1.54) is 0 Å². The lowest BCUT2D eigenvalue weighted by atomic mass is 10.3. The van der Waals surface area contributed by atoms with Crippen LogP contribution in [0.15, 0.2) is 16.6 Å². The smallest absolute Gasteiger partial charge is 0.213 e. The quantitative estimate of drug-likeness (QED) is 0.898. The summed E-state index contributed by atoms with van der Waals surface area (Å²) in [6.45, 7) is 1.96. The van der Waals surface area contributed by atoms with Crippen molar-refractivity contribution in [3.63, 3.8) is 0 Å². The normalized spacial score (nSPS) is 25.5. The molecule has 0 aliphatic heterocycles. The van der Waals surface area contributed by atoms with Crippen molar-refractivity contribution in [3.05, 3.63) is 22.3 Å². The zero-order valence-electron chi connectivity index (χ0n) is 8.74. The highest BCUT2D eigenvalue weighted by Crippen LogP contribution is 2.24. The van der Waals surface area contributed by atoms with Gasteiger partial charge in [-0.05, 0) is 48.2 Å². The van der Waals surface area contributed by atoms with Crippen LogP contribution in [0, 0.1) is 6.92 Å². The van der Waals surface area contributed by atoms with Crippen molar-refractivity contribution in [2.45, 2.75) is 38.3 Å². The molecule has 0 spiro atoms. The van der Waals surface area contributed by atoms with Gasteiger partial charge in [-0.25, -0.2) is 4.98 Å². The molecule has 0 bridgehead atoms. The van der Waals surface area contributed by atoms with Gasteiger partial charge in [0.15, 0.2) is 0 Å². The Bertz CT molecular complexity index is 356. The Labute approximate surface area is 98.2 Å². The lowest BCUT2D eigenvalue weighted by Gasteiger charge is -2.12. The van der Waals surface area contributed by atoms with Gasteiger partial charge in [-0.3, -0.25) is 0 Å². The average Bonchev–Trinajstić information content (AvgIpc) is 2.58. The molecule has 1 aromatic rings. The van der Waals surface area contributed by atoms with Gasteiger partial charge >= 0.3 is 0 Å². The topological polar surface area (TPSA) is 48.1 Å². The maximum atomic E-state index is 5.82. The summed E-state index contributed by atoms with van der Waals surface area (Å²) in [4.78, 5) is 4.35. The standard InChI is InChI=1S/C11H15BrN2O/c1-7-10(12)4-5-11(14-7)15-9-3-2-8(13)6-9/h4-5,8-9H,2-3,6,13H2,1H3. The summed E-state index contributed by atoms with van der Waals surface area (Å²) in [5.74, 6) is 0.704. The highest BCUT2D eigenvalue weighted by atomic mass is 79.9. The molecule has 1 fully saturated rings. The maximum absolute atomic E-state index is 5.82. The molecule has 0 aromatic carbocycles. The van der Waals surface area contributed by atoms with Gasteiger partial charge in [0.25, 0.3) is 0 Å². The molecule has 1 aromatic heterocycles.